The summed E-state index contributed by atoms with van der Waals surface area (Å²) in [5, 5.41) is 6.06. The summed E-state index contributed by atoms with van der Waals surface area (Å²) in [5.74, 6) is -0.201. The van der Waals surface area contributed by atoms with Gasteiger partial charge in [0.2, 0.25) is 11.8 Å². The monoisotopic (exact) mass is 427 g/mol. The number of alkyl halides is 1. The molecule has 29 heavy (non-hydrogen) atoms. The van der Waals surface area contributed by atoms with Crippen LogP contribution >= 0.6 is 22.9 Å². The molecule has 4 rings (SSSR count). The van der Waals surface area contributed by atoms with Crippen molar-refractivity contribution in [3.8, 4) is 0 Å². The first-order valence-electron chi connectivity index (χ1n) is 9.58. The number of benzene rings is 2. The molecule has 0 aliphatic heterocycles. The molecule has 0 bridgehead atoms. The maximum atomic E-state index is 12.5. The van der Waals surface area contributed by atoms with Crippen LogP contribution in [-0.4, -0.2) is 35.3 Å². The maximum absolute atomic E-state index is 12.5. The van der Waals surface area contributed by atoms with Crippen LogP contribution in [0.4, 0.5) is 0 Å². The minimum absolute atomic E-state index is 0.0188. The van der Waals surface area contributed by atoms with Crippen molar-refractivity contribution in [1.82, 2.24) is 15.6 Å². The Kier molecular flexibility index (Phi) is 5.83. The van der Waals surface area contributed by atoms with Crippen LogP contribution in [0, 0.1) is 0 Å². The van der Waals surface area contributed by atoms with Crippen LogP contribution in [0.15, 0.2) is 54.0 Å². The lowest BCUT2D eigenvalue weighted by Gasteiger charge is -2.48. The molecule has 1 aliphatic rings. The summed E-state index contributed by atoms with van der Waals surface area (Å²) < 4.78 is 1.09. The molecular weight excluding hydrogens is 406 g/mol. The number of hydrogen-bond acceptors (Lipinski definition) is 4. The van der Waals surface area contributed by atoms with E-state index in [9.17, 15) is 9.59 Å². The topological polar surface area (TPSA) is 71.1 Å². The lowest BCUT2D eigenvalue weighted by molar-refractivity contribution is -0.123. The third-order valence-electron chi connectivity index (χ3n) is 5.53. The number of carbonyl (C=O) groups is 2. The Bertz CT molecular complexity index is 1020. The van der Waals surface area contributed by atoms with E-state index >= 15 is 0 Å². The van der Waals surface area contributed by atoms with E-state index in [0.29, 0.717) is 13.0 Å². The predicted octanol–water partition coefficient (Wildman–Crippen LogP) is 3.41. The Morgan fingerprint density at radius 3 is 2.69 bits per heavy atom. The molecule has 150 valence electrons. The van der Waals surface area contributed by atoms with Gasteiger partial charge >= 0.3 is 0 Å². The van der Waals surface area contributed by atoms with Gasteiger partial charge in [0, 0.05) is 18.0 Å². The molecule has 3 aromatic rings. The van der Waals surface area contributed by atoms with E-state index in [1.807, 2.05) is 41.9 Å². The van der Waals surface area contributed by atoms with E-state index in [2.05, 4.69) is 27.8 Å². The van der Waals surface area contributed by atoms with Crippen molar-refractivity contribution >= 4 is 45.0 Å². The zero-order valence-corrected chi connectivity index (χ0v) is 17.4. The summed E-state index contributed by atoms with van der Waals surface area (Å²) in [7, 11) is 0. The predicted molar refractivity (Wildman–Crippen MR) is 116 cm³/mol. The SMILES string of the molecule is O=C(CCl)NCC1(c2ccccc2)CC(NC(=O)Cc2ccc3ncsc3c2)C1. The van der Waals surface area contributed by atoms with Gasteiger partial charge in [-0.15, -0.1) is 22.9 Å². The molecular formula is C22H22ClN3O2S. The Hall–Kier alpha value is -2.44. The first kappa shape index (κ1) is 19.9. The van der Waals surface area contributed by atoms with Crippen molar-refractivity contribution in [3.05, 3.63) is 65.2 Å². The number of halogens is 1. The van der Waals surface area contributed by atoms with Crippen molar-refractivity contribution in [2.75, 3.05) is 12.4 Å². The Morgan fingerprint density at radius 1 is 1.14 bits per heavy atom. The molecule has 1 fully saturated rings. The van der Waals surface area contributed by atoms with Gasteiger partial charge in [0.05, 0.1) is 22.1 Å². The largest absolute Gasteiger partial charge is 0.354 e. The van der Waals surface area contributed by atoms with Crippen LogP contribution in [-0.2, 0) is 21.4 Å². The molecule has 5 nitrogen and oxygen atoms in total. The molecule has 1 aromatic heterocycles. The molecule has 1 aliphatic carbocycles. The van der Waals surface area contributed by atoms with Gasteiger partial charge in [-0.2, -0.15) is 0 Å². The second-order valence-electron chi connectivity index (χ2n) is 7.56. The van der Waals surface area contributed by atoms with Crippen molar-refractivity contribution in [2.45, 2.75) is 30.7 Å². The van der Waals surface area contributed by atoms with Gasteiger partial charge in [-0.1, -0.05) is 36.4 Å². The maximum Gasteiger partial charge on any atom is 0.234 e. The number of carbonyl (C=O) groups excluding carboxylic acids is 2. The minimum Gasteiger partial charge on any atom is -0.354 e. The zero-order chi connectivity index (χ0) is 20.3. The van der Waals surface area contributed by atoms with E-state index < -0.39 is 0 Å². The van der Waals surface area contributed by atoms with Crippen LogP contribution in [0.1, 0.15) is 24.0 Å². The van der Waals surface area contributed by atoms with Gasteiger partial charge in [0.25, 0.3) is 0 Å². The summed E-state index contributed by atoms with van der Waals surface area (Å²) in [5.41, 5.74) is 4.78. The lowest BCUT2D eigenvalue weighted by Crippen LogP contribution is -2.58. The van der Waals surface area contributed by atoms with Gasteiger partial charge < -0.3 is 10.6 Å². The standard InChI is InChI=1S/C22H22ClN3O2S/c23-12-21(28)24-13-22(16-4-2-1-3-5-16)10-17(11-22)26-20(27)9-15-6-7-18-19(8-15)29-14-25-18/h1-8,14,17H,9-13H2,(H,24,28)(H,26,27). The fourth-order valence-corrected chi connectivity index (χ4v) is 4.88. The molecule has 7 heteroatoms. The van der Waals surface area contributed by atoms with Crippen LogP contribution in [0.5, 0.6) is 0 Å². The summed E-state index contributed by atoms with van der Waals surface area (Å²) >= 11 is 7.20. The minimum atomic E-state index is -0.173. The molecule has 1 saturated carbocycles. The molecule has 0 atom stereocenters. The van der Waals surface area contributed by atoms with Crippen LogP contribution in [0.3, 0.4) is 0 Å². The Balaban J connectivity index is 1.37. The molecule has 0 saturated heterocycles. The molecule has 2 N–H and O–H groups in total. The summed E-state index contributed by atoms with van der Waals surface area (Å²) in [6.07, 6.45) is 1.93. The van der Waals surface area contributed by atoms with E-state index in [4.69, 9.17) is 11.6 Å². The fourth-order valence-electron chi connectivity index (χ4n) is 4.05. The van der Waals surface area contributed by atoms with E-state index in [1.165, 1.54) is 5.56 Å². The lowest BCUT2D eigenvalue weighted by atomic mass is 9.61. The average Bonchev–Trinajstić information content (AvgIpc) is 3.17. The average molecular weight is 428 g/mol. The number of fused-ring (bicyclic) bond motifs is 1. The van der Waals surface area contributed by atoms with Crippen LogP contribution in [0.2, 0.25) is 0 Å². The number of nitrogens with zero attached hydrogens (tertiary/aromatic N) is 1. The molecule has 2 aromatic carbocycles. The molecule has 1 heterocycles. The highest BCUT2D eigenvalue weighted by Crippen LogP contribution is 2.43. The first-order valence-corrected chi connectivity index (χ1v) is 11.0. The molecule has 0 spiro atoms. The zero-order valence-electron chi connectivity index (χ0n) is 15.9. The summed E-state index contributed by atoms with van der Waals surface area (Å²) in [6, 6.07) is 16.2. The second kappa shape index (κ2) is 8.51. The van der Waals surface area contributed by atoms with Gasteiger partial charge in [-0.25, -0.2) is 4.98 Å². The number of aromatic nitrogens is 1. The highest BCUT2D eigenvalue weighted by Gasteiger charge is 2.46. The molecule has 0 unspecified atom stereocenters. The normalized spacial score (nSPS) is 20.8. The third-order valence-corrected chi connectivity index (χ3v) is 6.57. The van der Waals surface area contributed by atoms with Crippen molar-refractivity contribution < 1.29 is 9.59 Å². The van der Waals surface area contributed by atoms with E-state index in [1.54, 1.807) is 11.3 Å². The number of rotatable bonds is 7. The number of amides is 2. The molecule has 2 amide bonds. The van der Waals surface area contributed by atoms with Gasteiger partial charge in [-0.05, 0) is 36.1 Å². The van der Waals surface area contributed by atoms with Gasteiger partial charge in [0.1, 0.15) is 5.88 Å². The van der Waals surface area contributed by atoms with Crippen molar-refractivity contribution in [3.63, 3.8) is 0 Å². The smallest absolute Gasteiger partial charge is 0.234 e. The van der Waals surface area contributed by atoms with Gasteiger partial charge in [0.15, 0.2) is 0 Å². The first-order chi connectivity index (χ1) is 14.1. The van der Waals surface area contributed by atoms with E-state index in [-0.39, 0.29) is 29.2 Å². The number of thiazole rings is 1. The highest BCUT2D eigenvalue weighted by molar-refractivity contribution is 7.16. The fraction of sp³-hybridized carbons (Fsp3) is 0.318. The Morgan fingerprint density at radius 2 is 1.93 bits per heavy atom. The number of nitrogens with one attached hydrogen (secondary N) is 2. The van der Waals surface area contributed by atoms with Crippen molar-refractivity contribution in [2.24, 2.45) is 0 Å². The summed E-state index contributed by atoms with van der Waals surface area (Å²) in [4.78, 5) is 28.5. The second-order valence-corrected chi connectivity index (χ2v) is 8.71. The van der Waals surface area contributed by atoms with Gasteiger partial charge in [-0.3, -0.25) is 9.59 Å². The quantitative estimate of drug-likeness (QED) is 0.567. The third kappa shape index (κ3) is 4.43. The summed E-state index contributed by atoms with van der Waals surface area (Å²) in [6.45, 7) is 0.525. The highest BCUT2D eigenvalue weighted by atomic mass is 35.5. The van der Waals surface area contributed by atoms with Crippen LogP contribution < -0.4 is 10.6 Å². The molecule has 0 radical (unpaired) electrons. The van der Waals surface area contributed by atoms with Crippen LogP contribution in [0.25, 0.3) is 10.2 Å². The Labute approximate surface area is 178 Å². The van der Waals surface area contributed by atoms with E-state index in [0.717, 1.165) is 28.6 Å². The van der Waals surface area contributed by atoms with Crippen molar-refractivity contribution in [1.29, 1.82) is 0 Å². The number of hydrogen-bond donors (Lipinski definition) is 2.